The molecule has 1 amide bonds. The van der Waals surface area contributed by atoms with Crippen molar-refractivity contribution in [1.82, 2.24) is 14.5 Å². The number of nitrogens with zero attached hydrogens (tertiary/aromatic N) is 2. The van der Waals surface area contributed by atoms with Gasteiger partial charge in [0.1, 0.15) is 0 Å². The van der Waals surface area contributed by atoms with Crippen LogP contribution in [0.1, 0.15) is 15.9 Å². The van der Waals surface area contributed by atoms with E-state index in [4.69, 9.17) is 0 Å². The minimum atomic E-state index is -3.60. The maximum Gasteiger partial charge on any atom is 0.254 e. The molecule has 0 aromatic heterocycles. The number of hydrogen-bond acceptors (Lipinski definition) is 4. The Balaban J connectivity index is 1.65. The topological polar surface area (TPSA) is 69.7 Å². The fourth-order valence-electron chi connectivity index (χ4n) is 2.94. The zero-order chi connectivity index (χ0) is 21.2. The first kappa shape index (κ1) is 21.3. The molecule has 1 saturated heterocycles. The van der Waals surface area contributed by atoms with Gasteiger partial charge in [0.25, 0.3) is 5.91 Å². The summed E-state index contributed by atoms with van der Waals surface area (Å²) in [6.45, 7) is 2.10. The maximum absolute atomic E-state index is 13.7. The summed E-state index contributed by atoms with van der Waals surface area (Å²) >= 11 is 0. The van der Waals surface area contributed by atoms with Crippen molar-refractivity contribution in [3.05, 3.63) is 65.0 Å². The third-order valence-electron chi connectivity index (χ3n) is 4.76. The van der Waals surface area contributed by atoms with Gasteiger partial charge in [-0.05, 0) is 36.9 Å². The van der Waals surface area contributed by atoms with Crippen LogP contribution in [0.15, 0.2) is 41.3 Å². The fraction of sp³-hybridized carbons (Fsp3) is 0.316. The lowest BCUT2D eigenvalue weighted by molar-refractivity contribution is 0.0945. The van der Waals surface area contributed by atoms with E-state index in [1.807, 2.05) is 11.9 Å². The number of carbonyl (C=O) groups excluding carboxylic acids is 1. The molecule has 1 aliphatic heterocycles. The summed E-state index contributed by atoms with van der Waals surface area (Å²) in [6, 6.07) is 7.47. The number of likely N-dealkylation sites (N-methyl/N-ethyl adjacent to an activating group) is 1. The van der Waals surface area contributed by atoms with Crippen molar-refractivity contribution in [3.63, 3.8) is 0 Å². The predicted octanol–water partition coefficient (Wildman–Crippen LogP) is 1.97. The molecule has 1 fully saturated rings. The summed E-state index contributed by atoms with van der Waals surface area (Å²) in [4.78, 5) is 14.2. The van der Waals surface area contributed by atoms with Crippen LogP contribution in [0.5, 0.6) is 0 Å². The van der Waals surface area contributed by atoms with E-state index in [1.165, 1.54) is 28.6 Å². The van der Waals surface area contributed by atoms with Gasteiger partial charge >= 0.3 is 0 Å². The molecule has 156 valence electrons. The Kier molecular flexibility index (Phi) is 6.25. The third kappa shape index (κ3) is 4.60. The quantitative estimate of drug-likeness (QED) is 0.741. The summed E-state index contributed by atoms with van der Waals surface area (Å²) in [7, 11) is -1.67. The van der Waals surface area contributed by atoms with Crippen LogP contribution in [0.25, 0.3) is 0 Å². The van der Waals surface area contributed by atoms with Crippen LogP contribution in [0.4, 0.5) is 13.2 Å². The summed E-state index contributed by atoms with van der Waals surface area (Å²) in [5.41, 5.74) is -0.0446. The van der Waals surface area contributed by atoms with Crippen LogP contribution in [-0.2, 0) is 16.6 Å². The highest BCUT2D eigenvalue weighted by Gasteiger charge is 2.27. The van der Waals surface area contributed by atoms with E-state index in [2.05, 4.69) is 5.32 Å². The molecule has 29 heavy (non-hydrogen) atoms. The van der Waals surface area contributed by atoms with Crippen LogP contribution in [0.2, 0.25) is 0 Å². The van der Waals surface area contributed by atoms with Crippen molar-refractivity contribution in [2.75, 3.05) is 33.2 Å². The molecule has 0 atom stereocenters. The second-order valence-electron chi connectivity index (χ2n) is 6.76. The molecular weight excluding hydrogens is 407 g/mol. The number of carbonyl (C=O) groups is 1. The average Bonchev–Trinajstić information content (AvgIpc) is 2.71. The Morgan fingerprint density at radius 3 is 2.21 bits per heavy atom. The second kappa shape index (κ2) is 8.52. The Morgan fingerprint density at radius 1 is 0.966 bits per heavy atom. The van der Waals surface area contributed by atoms with Gasteiger partial charge in [-0.25, -0.2) is 21.6 Å². The Labute approximate surface area is 167 Å². The first-order chi connectivity index (χ1) is 13.7. The highest BCUT2D eigenvalue weighted by molar-refractivity contribution is 7.89. The van der Waals surface area contributed by atoms with Crippen molar-refractivity contribution >= 4 is 15.9 Å². The number of rotatable bonds is 5. The van der Waals surface area contributed by atoms with Crippen LogP contribution in [0, 0.1) is 17.5 Å². The number of piperazine rings is 1. The summed E-state index contributed by atoms with van der Waals surface area (Å²) in [6.07, 6.45) is 0. The largest absolute Gasteiger partial charge is 0.348 e. The zero-order valence-electron chi connectivity index (χ0n) is 15.7. The number of sulfonamides is 1. The molecule has 3 rings (SSSR count). The van der Waals surface area contributed by atoms with Crippen molar-refractivity contribution in [2.24, 2.45) is 0 Å². The minimum Gasteiger partial charge on any atom is -0.348 e. The number of benzene rings is 2. The molecule has 10 heteroatoms. The number of hydrogen-bond donors (Lipinski definition) is 1. The zero-order valence-corrected chi connectivity index (χ0v) is 16.5. The maximum atomic E-state index is 13.7. The average molecular weight is 427 g/mol. The fourth-order valence-corrected chi connectivity index (χ4v) is 4.36. The van der Waals surface area contributed by atoms with Crippen molar-refractivity contribution < 1.29 is 26.4 Å². The Bertz CT molecular complexity index is 1010. The summed E-state index contributed by atoms with van der Waals surface area (Å²) in [5, 5.41) is 2.40. The van der Waals surface area contributed by atoms with Crippen molar-refractivity contribution in [1.29, 1.82) is 0 Å². The standard InChI is InChI=1S/C19H20F3N3O3S/c1-24-8-10-25(11-9-24)29(27,28)14-4-2-13(3-5-14)12-23-19(26)15-6-7-16(20)18(22)17(15)21/h2-7H,8-12H2,1H3,(H,23,26). The molecule has 1 heterocycles. The number of nitrogens with one attached hydrogen (secondary N) is 1. The van der Waals surface area contributed by atoms with Gasteiger partial charge in [-0.15, -0.1) is 0 Å². The predicted molar refractivity (Wildman–Crippen MR) is 100 cm³/mol. The Hall–Kier alpha value is -2.43. The second-order valence-corrected chi connectivity index (χ2v) is 8.69. The lowest BCUT2D eigenvalue weighted by Gasteiger charge is -2.31. The smallest absolute Gasteiger partial charge is 0.254 e. The molecule has 0 saturated carbocycles. The van der Waals surface area contributed by atoms with Crippen molar-refractivity contribution in [2.45, 2.75) is 11.4 Å². The van der Waals surface area contributed by atoms with Gasteiger partial charge < -0.3 is 10.2 Å². The first-order valence-corrected chi connectivity index (χ1v) is 10.3. The minimum absolute atomic E-state index is 0.0356. The number of amides is 1. The first-order valence-electron chi connectivity index (χ1n) is 8.89. The molecule has 1 aliphatic rings. The molecule has 2 aromatic carbocycles. The monoisotopic (exact) mass is 427 g/mol. The molecular formula is C19H20F3N3O3S. The van der Waals surface area contributed by atoms with Crippen LogP contribution >= 0.6 is 0 Å². The van der Waals surface area contributed by atoms with E-state index >= 15 is 0 Å². The highest BCUT2D eigenvalue weighted by Crippen LogP contribution is 2.19. The molecule has 0 spiro atoms. The molecule has 0 unspecified atom stereocenters. The van der Waals surface area contributed by atoms with Gasteiger partial charge in [0.15, 0.2) is 17.5 Å². The van der Waals surface area contributed by atoms with Gasteiger partial charge in [-0.3, -0.25) is 4.79 Å². The normalized spacial score (nSPS) is 16.0. The lowest BCUT2D eigenvalue weighted by atomic mass is 10.1. The molecule has 0 radical (unpaired) electrons. The highest BCUT2D eigenvalue weighted by atomic mass is 32.2. The van der Waals surface area contributed by atoms with E-state index in [1.54, 1.807) is 0 Å². The van der Waals surface area contributed by atoms with Gasteiger partial charge in [0.05, 0.1) is 10.5 Å². The van der Waals surface area contributed by atoms with Gasteiger partial charge in [-0.2, -0.15) is 4.31 Å². The molecule has 0 bridgehead atoms. The van der Waals surface area contributed by atoms with Crippen LogP contribution in [0.3, 0.4) is 0 Å². The van der Waals surface area contributed by atoms with E-state index in [-0.39, 0.29) is 11.4 Å². The van der Waals surface area contributed by atoms with Crippen LogP contribution in [-0.4, -0.2) is 56.8 Å². The molecule has 0 aliphatic carbocycles. The Morgan fingerprint density at radius 2 is 1.59 bits per heavy atom. The van der Waals surface area contributed by atoms with E-state index in [9.17, 15) is 26.4 Å². The van der Waals surface area contributed by atoms with Crippen LogP contribution < -0.4 is 5.32 Å². The summed E-state index contributed by atoms with van der Waals surface area (Å²) < 4.78 is 66.7. The molecule has 2 aromatic rings. The van der Waals surface area contributed by atoms with E-state index in [0.29, 0.717) is 37.8 Å². The van der Waals surface area contributed by atoms with Gasteiger partial charge in [0, 0.05) is 32.7 Å². The molecule has 6 nitrogen and oxygen atoms in total. The van der Waals surface area contributed by atoms with Gasteiger partial charge in [0.2, 0.25) is 10.0 Å². The molecule has 1 N–H and O–H groups in total. The van der Waals surface area contributed by atoms with E-state index < -0.39 is 38.9 Å². The van der Waals surface area contributed by atoms with Crippen molar-refractivity contribution in [3.8, 4) is 0 Å². The number of halogens is 3. The third-order valence-corrected chi connectivity index (χ3v) is 6.67. The summed E-state index contributed by atoms with van der Waals surface area (Å²) in [5.74, 6) is -5.56. The van der Waals surface area contributed by atoms with E-state index in [0.717, 1.165) is 6.07 Å². The van der Waals surface area contributed by atoms with Gasteiger partial charge in [-0.1, -0.05) is 12.1 Å². The lowest BCUT2D eigenvalue weighted by Crippen LogP contribution is -2.47. The SMILES string of the molecule is CN1CCN(S(=O)(=O)c2ccc(CNC(=O)c3ccc(F)c(F)c3F)cc2)CC1.